The minimum absolute atomic E-state index is 0.121. The molecule has 0 aromatic carbocycles. The predicted molar refractivity (Wildman–Crippen MR) is 74.1 cm³/mol. The van der Waals surface area contributed by atoms with E-state index in [4.69, 9.17) is 0 Å². The van der Waals surface area contributed by atoms with Gasteiger partial charge in [-0.3, -0.25) is 4.90 Å². The van der Waals surface area contributed by atoms with Gasteiger partial charge in [0.1, 0.15) is 0 Å². The van der Waals surface area contributed by atoms with Crippen molar-refractivity contribution in [2.45, 2.75) is 37.8 Å². The van der Waals surface area contributed by atoms with Crippen LogP contribution in [-0.4, -0.2) is 58.3 Å². The molecule has 1 atom stereocenters. The third kappa shape index (κ3) is 3.04. The van der Waals surface area contributed by atoms with E-state index < -0.39 is 0 Å². The number of nitrogens with zero attached hydrogens (tertiary/aromatic N) is 4. The number of likely N-dealkylation sites (tertiary alicyclic amines) is 1. The van der Waals surface area contributed by atoms with E-state index >= 15 is 0 Å². The summed E-state index contributed by atoms with van der Waals surface area (Å²) in [6.45, 7) is 4.03. The largest absolute Gasteiger partial charge is 0.392 e. The first-order valence-electron chi connectivity index (χ1n) is 7.27. The van der Waals surface area contributed by atoms with E-state index in [1.54, 1.807) is 12.4 Å². The highest BCUT2D eigenvalue weighted by Gasteiger charge is 2.28. The lowest BCUT2D eigenvalue weighted by atomic mass is 9.99. The number of aromatic nitrogens is 2. The minimum atomic E-state index is -0.121. The summed E-state index contributed by atoms with van der Waals surface area (Å²) in [5, 5.41) is 9.77. The fraction of sp³-hybridized carbons (Fsp3) is 0.714. The second-order valence-electron chi connectivity index (χ2n) is 5.56. The number of rotatable bonds is 2. The second-order valence-corrected chi connectivity index (χ2v) is 5.56. The first-order chi connectivity index (χ1) is 9.33. The van der Waals surface area contributed by atoms with Crippen LogP contribution in [0.1, 0.15) is 25.7 Å². The standard InChI is InChI=1S/C14H22N4O/c19-13-3-1-8-18(11-13)12-4-9-17(10-5-12)14-15-6-2-7-16-14/h2,6-7,12-13,19H,1,3-5,8-11H2/t13-/m0/s1. The van der Waals surface area contributed by atoms with E-state index in [0.29, 0.717) is 6.04 Å². The van der Waals surface area contributed by atoms with Gasteiger partial charge in [0.25, 0.3) is 0 Å². The maximum absolute atomic E-state index is 9.77. The summed E-state index contributed by atoms with van der Waals surface area (Å²) in [6.07, 6.45) is 7.86. The number of aliphatic hydroxyl groups excluding tert-OH is 1. The Bertz CT molecular complexity index is 392. The molecule has 5 heteroatoms. The van der Waals surface area contributed by atoms with Crippen molar-refractivity contribution < 1.29 is 5.11 Å². The summed E-state index contributed by atoms with van der Waals surface area (Å²) in [5.74, 6) is 0.847. The van der Waals surface area contributed by atoms with Gasteiger partial charge in [-0.1, -0.05) is 0 Å². The molecule has 2 aliphatic heterocycles. The van der Waals surface area contributed by atoms with Crippen molar-refractivity contribution in [1.82, 2.24) is 14.9 Å². The van der Waals surface area contributed by atoms with Gasteiger partial charge in [0, 0.05) is 38.1 Å². The van der Waals surface area contributed by atoms with E-state index in [0.717, 1.165) is 57.8 Å². The fourth-order valence-corrected chi connectivity index (χ4v) is 3.20. The lowest BCUT2D eigenvalue weighted by Crippen LogP contribution is -2.49. The Morgan fingerprint density at radius 2 is 1.79 bits per heavy atom. The normalized spacial score (nSPS) is 26.6. The number of piperidine rings is 2. The van der Waals surface area contributed by atoms with Crippen LogP contribution >= 0.6 is 0 Å². The molecular formula is C14H22N4O. The Morgan fingerprint density at radius 1 is 1.05 bits per heavy atom. The van der Waals surface area contributed by atoms with Crippen LogP contribution in [0.5, 0.6) is 0 Å². The molecule has 0 unspecified atom stereocenters. The van der Waals surface area contributed by atoms with Gasteiger partial charge < -0.3 is 10.0 Å². The summed E-state index contributed by atoms with van der Waals surface area (Å²) in [5.41, 5.74) is 0. The second kappa shape index (κ2) is 5.84. The van der Waals surface area contributed by atoms with Crippen LogP contribution in [0.25, 0.3) is 0 Å². The first kappa shape index (κ1) is 12.8. The Kier molecular flexibility index (Phi) is 3.94. The van der Waals surface area contributed by atoms with Gasteiger partial charge in [-0.15, -0.1) is 0 Å². The van der Waals surface area contributed by atoms with Crippen LogP contribution in [0.15, 0.2) is 18.5 Å². The molecule has 3 rings (SSSR count). The summed E-state index contributed by atoms with van der Waals surface area (Å²) >= 11 is 0. The molecule has 104 valence electrons. The molecule has 2 saturated heterocycles. The summed E-state index contributed by atoms with van der Waals surface area (Å²) in [4.78, 5) is 13.4. The molecule has 1 N–H and O–H groups in total. The SMILES string of the molecule is O[C@H]1CCCN(C2CCN(c3ncccn3)CC2)C1. The van der Waals surface area contributed by atoms with Crippen LogP contribution in [0, 0.1) is 0 Å². The Labute approximate surface area is 114 Å². The van der Waals surface area contributed by atoms with Crippen molar-refractivity contribution in [2.75, 3.05) is 31.1 Å². The van der Waals surface area contributed by atoms with Crippen molar-refractivity contribution in [2.24, 2.45) is 0 Å². The molecule has 0 amide bonds. The third-order valence-electron chi connectivity index (χ3n) is 4.24. The molecule has 2 aliphatic rings. The molecule has 0 saturated carbocycles. The van der Waals surface area contributed by atoms with Crippen LogP contribution in [0.3, 0.4) is 0 Å². The van der Waals surface area contributed by atoms with Gasteiger partial charge in [0.05, 0.1) is 6.10 Å². The lowest BCUT2D eigenvalue weighted by molar-refractivity contribution is 0.0397. The summed E-state index contributed by atoms with van der Waals surface area (Å²) in [6, 6.07) is 2.47. The van der Waals surface area contributed by atoms with Crippen LogP contribution in [0.4, 0.5) is 5.95 Å². The Balaban J connectivity index is 1.54. The van der Waals surface area contributed by atoms with E-state index in [1.165, 1.54) is 0 Å². The van der Waals surface area contributed by atoms with Gasteiger partial charge in [0.15, 0.2) is 0 Å². The zero-order chi connectivity index (χ0) is 13.1. The Hall–Kier alpha value is -1.20. The van der Waals surface area contributed by atoms with E-state index in [2.05, 4.69) is 19.8 Å². The molecule has 1 aromatic heterocycles. The molecule has 0 radical (unpaired) electrons. The van der Waals surface area contributed by atoms with Crippen molar-refractivity contribution >= 4 is 5.95 Å². The van der Waals surface area contributed by atoms with Gasteiger partial charge in [-0.25, -0.2) is 9.97 Å². The number of β-amino-alcohol motifs (C(OH)–C–C–N with tert-alkyl or cyclic N) is 1. The van der Waals surface area contributed by atoms with Gasteiger partial charge in [-0.05, 0) is 38.3 Å². The van der Waals surface area contributed by atoms with Crippen molar-refractivity contribution in [3.05, 3.63) is 18.5 Å². The van der Waals surface area contributed by atoms with Crippen LogP contribution in [0.2, 0.25) is 0 Å². The van der Waals surface area contributed by atoms with E-state index in [1.807, 2.05) is 6.07 Å². The minimum Gasteiger partial charge on any atom is -0.392 e. The quantitative estimate of drug-likeness (QED) is 0.858. The molecule has 5 nitrogen and oxygen atoms in total. The zero-order valence-electron chi connectivity index (χ0n) is 11.3. The maximum Gasteiger partial charge on any atom is 0.225 e. The summed E-state index contributed by atoms with van der Waals surface area (Å²) < 4.78 is 0. The van der Waals surface area contributed by atoms with E-state index in [-0.39, 0.29) is 6.10 Å². The van der Waals surface area contributed by atoms with Crippen molar-refractivity contribution in [3.8, 4) is 0 Å². The highest BCUT2D eigenvalue weighted by Crippen LogP contribution is 2.22. The lowest BCUT2D eigenvalue weighted by Gasteiger charge is -2.41. The van der Waals surface area contributed by atoms with Crippen molar-refractivity contribution in [1.29, 1.82) is 0 Å². The van der Waals surface area contributed by atoms with E-state index in [9.17, 15) is 5.11 Å². The molecule has 19 heavy (non-hydrogen) atoms. The van der Waals surface area contributed by atoms with Crippen LogP contribution < -0.4 is 4.90 Å². The van der Waals surface area contributed by atoms with Crippen molar-refractivity contribution in [3.63, 3.8) is 0 Å². The van der Waals surface area contributed by atoms with Gasteiger partial charge >= 0.3 is 0 Å². The molecule has 3 heterocycles. The van der Waals surface area contributed by atoms with Gasteiger partial charge in [-0.2, -0.15) is 0 Å². The number of aliphatic hydroxyl groups is 1. The monoisotopic (exact) mass is 262 g/mol. The topological polar surface area (TPSA) is 52.5 Å². The Morgan fingerprint density at radius 3 is 2.47 bits per heavy atom. The molecule has 1 aromatic rings. The highest BCUT2D eigenvalue weighted by molar-refractivity contribution is 5.29. The third-order valence-corrected chi connectivity index (χ3v) is 4.24. The molecule has 0 aliphatic carbocycles. The van der Waals surface area contributed by atoms with Crippen LogP contribution in [-0.2, 0) is 0 Å². The zero-order valence-corrected chi connectivity index (χ0v) is 11.3. The smallest absolute Gasteiger partial charge is 0.225 e. The van der Waals surface area contributed by atoms with Gasteiger partial charge in [0.2, 0.25) is 5.95 Å². The number of anilines is 1. The molecule has 0 spiro atoms. The predicted octanol–water partition coefficient (Wildman–Crippen LogP) is 0.902. The molecular weight excluding hydrogens is 240 g/mol. The summed E-state index contributed by atoms with van der Waals surface area (Å²) in [7, 11) is 0. The maximum atomic E-state index is 9.77. The first-order valence-corrected chi connectivity index (χ1v) is 7.27. The average Bonchev–Trinajstić information content (AvgIpc) is 2.48. The fourth-order valence-electron chi connectivity index (χ4n) is 3.20. The number of hydrogen-bond donors (Lipinski definition) is 1. The molecule has 2 fully saturated rings. The molecule has 0 bridgehead atoms. The number of hydrogen-bond acceptors (Lipinski definition) is 5. The average molecular weight is 262 g/mol. The highest BCUT2D eigenvalue weighted by atomic mass is 16.3.